The maximum atomic E-state index is 11.5. The zero-order chi connectivity index (χ0) is 15.0. The van der Waals surface area contributed by atoms with E-state index >= 15 is 0 Å². The van der Waals surface area contributed by atoms with Gasteiger partial charge in [0.25, 0.3) is 0 Å². The number of fused-ring (bicyclic) bond motifs is 1. The number of phenols is 2. The highest BCUT2D eigenvalue weighted by Crippen LogP contribution is 2.36. The van der Waals surface area contributed by atoms with Crippen molar-refractivity contribution in [1.29, 1.82) is 0 Å². The van der Waals surface area contributed by atoms with Gasteiger partial charge in [-0.2, -0.15) is 0 Å². The van der Waals surface area contributed by atoms with Crippen molar-refractivity contribution in [3.8, 4) is 11.5 Å². The molecule has 4 nitrogen and oxygen atoms in total. The quantitative estimate of drug-likeness (QED) is 0.716. The summed E-state index contributed by atoms with van der Waals surface area (Å²) in [6, 6.07) is 3.36. The smallest absolute Gasteiger partial charge is 0.158 e. The Morgan fingerprint density at radius 2 is 2.05 bits per heavy atom. The first-order valence-corrected chi connectivity index (χ1v) is 7.98. The van der Waals surface area contributed by atoms with Crippen LogP contribution in [-0.4, -0.2) is 28.6 Å². The number of carbonyl (C=O) groups excluding carboxylic acids is 1. The number of rotatable bonds is 2. The molecule has 5 heteroatoms. The third-order valence-corrected chi connectivity index (χ3v) is 5.22. The Kier molecular flexibility index (Phi) is 4.04. The fourth-order valence-electron chi connectivity index (χ4n) is 3.38. The average molecular weight is 352 g/mol. The van der Waals surface area contributed by atoms with Gasteiger partial charge in [-0.25, -0.2) is 0 Å². The van der Waals surface area contributed by atoms with Crippen molar-refractivity contribution in [3.05, 3.63) is 34.3 Å². The van der Waals surface area contributed by atoms with E-state index in [-0.39, 0.29) is 23.3 Å². The maximum absolute atomic E-state index is 11.5. The predicted molar refractivity (Wildman–Crippen MR) is 83.3 cm³/mol. The highest BCUT2D eigenvalue weighted by atomic mass is 79.9. The molecule has 3 rings (SSSR count). The van der Waals surface area contributed by atoms with Gasteiger partial charge in [-0.05, 0) is 55.0 Å². The van der Waals surface area contributed by atoms with Gasteiger partial charge in [0, 0.05) is 16.9 Å². The van der Waals surface area contributed by atoms with E-state index in [1.54, 1.807) is 12.1 Å². The Morgan fingerprint density at radius 3 is 2.86 bits per heavy atom. The van der Waals surface area contributed by atoms with Crippen molar-refractivity contribution < 1.29 is 15.0 Å². The molecule has 3 N–H and O–H groups in total. The molecule has 0 radical (unpaired) electrons. The molecule has 21 heavy (non-hydrogen) atoms. The van der Waals surface area contributed by atoms with Crippen LogP contribution in [0.2, 0.25) is 0 Å². The molecule has 2 unspecified atom stereocenters. The Bertz CT molecular complexity index is 599. The third kappa shape index (κ3) is 2.99. The molecule has 0 aromatic heterocycles. The van der Waals surface area contributed by atoms with Gasteiger partial charge >= 0.3 is 0 Å². The summed E-state index contributed by atoms with van der Waals surface area (Å²) in [5.74, 6) is 0.760. The lowest BCUT2D eigenvalue weighted by atomic mass is 9.73. The Balaban J connectivity index is 1.82. The van der Waals surface area contributed by atoms with Crippen LogP contribution in [0.1, 0.15) is 18.4 Å². The lowest BCUT2D eigenvalue weighted by Crippen LogP contribution is -2.48. The van der Waals surface area contributed by atoms with E-state index in [4.69, 9.17) is 0 Å². The molecular weight excluding hydrogens is 334 g/mol. The van der Waals surface area contributed by atoms with E-state index in [1.807, 2.05) is 6.08 Å². The van der Waals surface area contributed by atoms with Crippen LogP contribution >= 0.6 is 15.9 Å². The van der Waals surface area contributed by atoms with Crippen molar-refractivity contribution in [3.63, 3.8) is 0 Å². The lowest BCUT2D eigenvalue weighted by molar-refractivity contribution is -0.116. The van der Waals surface area contributed by atoms with E-state index in [9.17, 15) is 15.0 Å². The number of hydrogen-bond donors (Lipinski definition) is 3. The van der Waals surface area contributed by atoms with Crippen LogP contribution in [0.15, 0.2) is 28.8 Å². The monoisotopic (exact) mass is 351 g/mol. The number of hydrogen-bond acceptors (Lipinski definition) is 4. The molecule has 1 aliphatic heterocycles. The summed E-state index contributed by atoms with van der Waals surface area (Å²) in [6.45, 7) is 0.911. The van der Waals surface area contributed by atoms with Crippen LogP contribution in [0.25, 0.3) is 0 Å². The molecule has 3 atom stereocenters. The number of allylic oxidation sites excluding steroid dienone is 1. The minimum absolute atomic E-state index is 0.102. The summed E-state index contributed by atoms with van der Waals surface area (Å²) in [7, 11) is 0. The molecule has 0 spiro atoms. The van der Waals surface area contributed by atoms with Crippen LogP contribution in [0.5, 0.6) is 11.5 Å². The summed E-state index contributed by atoms with van der Waals surface area (Å²) in [4.78, 5) is 11.5. The number of phenolic OH excluding ortho intramolecular Hbond substituents is 2. The first-order valence-electron chi connectivity index (χ1n) is 7.19. The van der Waals surface area contributed by atoms with Gasteiger partial charge in [0.05, 0.1) is 0 Å². The molecular formula is C16H18BrNO3. The number of nitrogens with one attached hydrogen (secondary N) is 1. The summed E-state index contributed by atoms with van der Waals surface area (Å²) >= 11 is 3.43. The molecule has 0 amide bonds. The summed E-state index contributed by atoms with van der Waals surface area (Å²) < 4.78 is 0.789. The molecule has 1 heterocycles. The lowest BCUT2D eigenvalue weighted by Gasteiger charge is -2.39. The zero-order valence-corrected chi connectivity index (χ0v) is 13.1. The largest absolute Gasteiger partial charge is 0.504 e. The highest BCUT2D eigenvalue weighted by Gasteiger charge is 2.34. The summed E-state index contributed by atoms with van der Waals surface area (Å²) in [6.07, 6.45) is 6.14. The molecule has 1 aromatic rings. The fourth-order valence-corrected chi connectivity index (χ4v) is 3.87. The van der Waals surface area contributed by atoms with Gasteiger partial charge in [0.2, 0.25) is 0 Å². The number of carbonyl (C=O) groups is 1. The fraction of sp³-hybridized carbons (Fsp3) is 0.438. The van der Waals surface area contributed by atoms with Gasteiger partial charge in [-0.1, -0.05) is 22.0 Å². The van der Waals surface area contributed by atoms with Gasteiger partial charge in [-0.3, -0.25) is 4.79 Å². The first-order chi connectivity index (χ1) is 10.0. The number of aromatic hydroxyl groups is 2. The third-order valence-electron chi connectivity index (χ3n) is 4.48. The molecule has 0 bridgehead atoms. The first kappa shape index (κ1) is 14.6. The molecule has 1 saturated heterocycles. The van der Waals surface area contributed by atoms with Crippen molar-refractivity contribution >= 4 is 21.7 Å². The van der Waals surface area contributed by atoms with Crippen LogP contribution in [-0.2, 0) is 11.2 Å². The number of halogens is 1. The van der Waals surface area contributed by atoms with Crippen molar-refractivity contribution in [2.75, 3.05) is 6.54 Å². The Labute approximate surface area is 132 Å². The normalized spacial score (nSPS) is 28.4. The van der Waals surface area contributed by atoms with Crippen molar-refractivity contribution in [1.82, 2.24) is 5.32 Å². The van der Waals surface area contributed by atoms with Gasteiger partial charge in [0.15, 0.2) is 17.3 Å². The second kappa shape index (κ2) is 5.81. The maximum Gasteiger partial charge on any atom is 0.158 e. The molecule has 0 saturated carbocycles. The van der Waals surface area contributed by atoms with E-state index in [0.29, 0.717) is 18.3 Å². The van der Waals surface area contributed by atoms with E-state index in [0.717, 1.165) is 29.4 Å². The zero-order valence-electron chi connectivity index (χ0n) is 11.6. The SMILES string of the molecule is O=C1C=CC2C(CCN[C@@H]2Cc2cc(O)c(O)cc2Br)C1. The average Bonchev–Trinajstić information content (AvgIpc) is 2.44. The molecule has 1 fully saturated rings. The molecule has 112 valence electrons. The topological polar surface area (TPSA) is 69.6 Å². The van der Waals surface area contributed by atoms with Crippen LogP contribution in [0.4, 0.5) is 0 Å². The van der Waals surface area contributed by atoms with E-state index in [2.05, 4.69) is 21.2 Å². The molecule has 1 aromatic carbocycles. The summed E-state index contributed by atoms with van der Waals surface area (Å²) in [5.41, 5.74) is 0.953. The van der Waals surface area contributed by atoms with Crippen LogP contribution in [0, 0.1) is 11.8 Å². The van der Waals surface area contributed by atoms with Gasteiger partial charge in [0.1, 0.15) is 0 Å². The number of benzene rings is 1. The Morgan fingerprint density at radius 1 is 1.29 bits per heavy atom. The highest BCUT2D eigenvalue weighted by molar-refractivity contribution is 9.10. The standard InChI is InChI=1S/C16H18BrNO3/c17-13-8-16(21)15(20)7-10(13)6-14-12-2-1-11(19)5-9(12)3-4-18-14/h1-2,7-9,12,14,18,20-21H,3-6H2/t9?,12?,14-/m1/s1. The molecule has 1 aliphatic carbocycles. The minimum atomic E-state index is -0.122. The predicted octanol–water partition coefficient (Wildman–Crippen LogP) is 2.53. The van der Waals surface area contributed by atoms with Gasteiger partial charge < -0.3 is 15.5 Å². The van der Waals surface area contributed by atoms with Crippen molar-refractivity contribution in [2.24, 2.45) is 11.8 Å². The summed E-state index contributed by atoms with van der Waals surface area (Å²) in [5, 5.41) is 22.7. The Hall–Kier alpha value is -1.33. The second-order valence-corrected chi connectivity index (χ2v) is 6.71. The number of ketones is 1. The minimum Gasteiger partial charge on any atom is -0.504 e. The second-order valence-electron chi connectivity index (χ2n) is 5.85. The van der Waals surface area contributed by atoms with Crippen molar-refractivity contribution in [2.45, 2.75) is 25.3 Å². The van der Waals surface area contributed by atoms with Gasteiger partial charge in [-0.15, -0.1) is 0 Å². The van der Waals surface area contributed by atoms with E-state index in [1.165, 1.54) is 6.07 Å². The number of piperidine rings is 1. The van der Waals surface area contributed by atoms with Crippen LogP contribution < -0.4 is 5.32 Å². The molecule has 2 aliphatic rings. The van der Waals surface area contributed by atoms with Crippen LogP contribution in [0.3, 0.4) is 0 Å². The van der Waals surface area contributed by atoms with E-state index < -0.39 is 0 Å².